The van der Waals surface area contributed by atoms with E-state index in [1.165, 1.54) is 18.3 Å². The van der Waals surface area contributed by atoms with Gasteiger partial charge < -0.3 is 10.1 Å². The molecule has 0 spiro atoms. The van der Waals surface area contributed by atoms with E-state index < -0.39 is 17.9 Å². The summed E-state index contributed by atoms with van der Waals surface area (Å²) in [6, 6.07) is 16.4. The molecular weight excluding hydrogens is 438 g/mol. The minimum atomic E-state index is -0.817. The van der Waals surface area contributed by atoms with E-state index in [4.69, 9.17) is 16.3 Å². The number of benzene rings is 2. The van der Waals surface area contributed by atoms with Crippen LogP contribution < -0.4 is 20.9 Å². The van der Waals surface area contributed by atoms with Gasteiger partial charge >= 0.3 is 0 Å². The molecule has 3 amide bonds. The smallest absolute Gasteiger partial charge is 0.269 e. The van der Waals surface area contributed by atoms with Crippen molar-refractivity contribution in [3.8, 4) is 5.75 Å². The number of carbonyl (C=O) groups excluding carboxylic acids is 3. The van der Waals surface area contributed by atoms with E-state index in [1.54, 1.807) is 66.0 Å². The van der Waals surface area contributed by atoms with Gasteiger partial charge in [-0.3, -0.25) is 25.2 Å². The number of halogens is 1. The minimum Gasteiger partial charge on any atom is -0.489 e. The highest BCUT2D eigenvalue weighted by Crippen LogP contribution is 2.17. The number of nitrogens with one attached hydrogen (secondary N) is 3. The fourth-order valence-corrected chi connectivity index (χ4v) is 3.24. The summed E-state index contributed by atoms with van der Waals surface area (Å²) in [6.45, 7) is 1.87. The van der Waals surface area contributed by atoms with Crippen LogP contribution in [0.4, 0.5) is 0 Å². The third-order valence-corrected chi connectivity index (χ3v) is 5.34. The predicted molar refractivity (Wildman–Crippen MR) is 119 cm³/mol. The van der Waals surface area contributed by atoms with Gasteiger partial charge in [-0.25, -0.2) is 0 Å². The third-order valence-electron chi connectivity index (χ3n) is 4.22. The van der Waals surface area contributed by atoms with E-state index in [2.05, 4.69) is 16.2 Å². The summed E-state index contributed by atoms with van der Waals surface area (Å²) in [4.78, 5) is 36.9. The molecule has 3 aromatic rings. The van der Waals surface area contributed by atoms with Gasteiger partial charge in [0.05, 0.1) is 4.88 Å². The Morgan fingerprint density at radius 3 is 2.32 bits per heavy atom. The van der Waals surface area contributed by atoms with E-state index >= 15 is 0 Å². The second-order valence-corrected chi connectivity index (χ2v) is 7.94. The van der Waals surface area contributed by atoms with Gasteiger partial charge in [-0.1, -0.05) is 29.8 Å². The van der Waals surface area contributed by atoms with Crippen molar-refractivity contribution in [3.05, 3.63) is 87.1 Å². The summed E-state index contributed by atoms with van der Waals surface area (Å²) in [6.07, 6.45) is 0. The maximum atomic E-state index is 12.2. The molecule has 1 atom stereocenters. The van der Waals surface area contributed by atoms with Gasteiger partial charge in [0.1, 0.15) is 18.4 Å². The van der Waals surface area contributed by atoms with Gasteiger partial charge in [-0.05, 0) is 60.3 Å². The van der Waals surface area contributed by atoms with Crippen LogP contribution in [0.3, 0.4) is 0 Å². The maximum absolute atomic E-state index is 12.2. The van der Waals surface area contributed by atoms with Gasteiger partial charge in [0, 0.05) is 10.6 Å². The summed E-state index contributed by atoms with van der Waals surface area (Å²) in [7, 11) is 0. The molecule has 0 bridgehead atoms. The lowest BCUT2D eigenvalue weighted by Crippen LogP contribution is -2.51. The maximum Gasteiger partial charge on any atom is 0.269 e. The van der Waals surface area contributed by atoms with Crippen LogP contribution in [0.15, 0.2) is 66.0 Å². The van der Waals surface area contributed by atoms with Crippen LogP contribution in [0.1, 0.15) is 32.5 Å². The van der Waals surface area contributed by atoms with Gasteiger partial charge in [-0.15, -0.1) is 11.3 Å². The van der Waals surface area contributed by atoms with Crippen molar-refractivity contribution in [2.24, 2.45) is 0 Å². The fourth-order valence-electron chi connectivity index (χ4n) is 2.49. The molecule has 0 aliphatic heterocycles. The second-order valence-electron chi connectivity index (χ2n) is 6.56. The number of hydrogen-bond donors (Lipinski definition) is 3. The highest BCUT2D eigenvalue weighted by Gasteiger charge is 2.18. The van der Waals surface area contributed by atoms with Crippen molar-refractivity contribution < 1.29 is 19.1 Å². The summed E-state index contributed by atoms with van der Waals surface area (Å²) in [5.74, 6) is -0.670. The zero-order valence-corrected chi connectivity index (χ0v) is 18.1. The standard InChI is InChI=1S/C22H20ClN3O4S/c1-14(24-22(29)19-3-2-12-31-19)20(27)25-26-21(28)16-6-4-15(5-7-16)13-30-18-10-8-17(23)9-11-18/h2-12,14H,13H2,1H3,(H,24,29)(H,25,27)(H,26,28). The van der Waals surface area contributed by atoms with E-state index in [1.807, 2.05) is 0 Å². The zero-order chi connectivity index (χ0) is 22.2. The largest absolute Gasteiger partial charge is 0.489 e. The Hall–Kier alpha value is -3.36. The van der Waals surface area contributed by atoms with Crippen molar-refractivity contribution in [1.29, 1.82) is 0 Å². The van der Waals surface area contributed by atoms with Crippen LogP contribution in [0.5, 0.6) is 5.75 Å². The molecule has 1 heterocycles. The lowest BCUT2D eigenvalue weighted by Gasteiger charge is -2.14. The molecule has 2 aromatic carbocycles. The lowest BCUT2D eigenvalue weighted by atomic mass is 10.1. The highest BCUT2D eigenvalue weighted by atomic mass is 35.5. The Morgan fingerprint density at radius 1 is 0.968 bits per heavy atom. The molecule has 0 radical (unpaired) electrons. The molecule has 3 rings (SSSR count). The summed E-state index contributed by atoms with van der Waals surface area (Å²) in [5.41, 5.74) is 5.89. The molecule has 0 aliphatic carbocycles. The molecule has 3 N–H and O–H groups in total. The number of amides is 3. The molecule has 160 valence electrons. The Bertz CT molecular complexity index is 1040. The second kappa shape index (κ2) is 10.6. The van der Waals surface area contributed by atoms with E-state index in [9.17, 15) is 14.4 Å². The molecule has 0 saturated carbocycles. The molecule has 0 fully saturated rings. The first-order valence-corrected chi connectivity index (χ1v) is 10.6. The fraction of sp³-hybridized carbons (Fsp3) is 0.136. The monoisotopic (exact) mass is 457 g/mol. The number of rotatable bonds is 7. The van der Waals surface area contributed by atoms with Crippen molar-refractivity contribution in [2.45, 2.75) is 19.6 Å². The molecule has 9 heteroatoms. The van der Waals surface area contributed by atoms with Crippen LogP contribution in [-0.4, -0.2) is 23.8 Å². The van der Waals surface area contributed by atoms with E-state index in [0.29, 0.717) is 27.8 Å². The van der Waals surface area contributed by atoms with Crippen molar-refractivity contribution in [1.82, 2.24) is 16.2 Å². The van der Waals surface area contributed by atoms with Gasteiger partial charge in [-0.2, -0.15) is 0 Å². The first kappa shape index (κ1) is 22.3. The lowest BCUT2D eigenvalue weighted by molar-refractivity contribution is -0.123. The number of hydrogen-bond acceptors (Lipinski definition) is 5. The molecule has 1 unspecified atom stereocenters. The zero-order valence-electron chi connectivity index (χ0n) is 16.6. The van der Waals surface area contributed by atoms with Crippen LogP contribution in [0.25, 0.3) is 0 Å². The Balaban J connectivity index is 1.44. The minimum absolute atomic E-state index is 0.335. The predicted octanol–water partition coefficient (Wildman–Crippen LogP) is 3.56. The molecule has 1 aromatic heterocycles. The van der Waals surface area contributed by atoms with Crippen molar-refractivity contribution >= 4 is 40.7 Å². The Labute approximate surface area is 188 Å². The first-order valence-electron chi connectivity index (χ1n) is 9.34. The number of thiophene rings is 1. The molecule has 0 saturated heterocycles. The highest BCUT2D eigenvalue weighted by molar-refractivity contribution is 7.12. The van der Waals surface area contributed by atoms with Gasteiger partial charge in [0.15, 0.2) is 0 Å². The van der Waals surface area contributed by atoms with Crippen molar-refractivity contribution in [2.75, 3.05) is 0 Å². The molecular formula is C22H20ClN3O4S. The Kier molecular flexibility index (Phi) is 7.64. The van der Waals surface area contributed by atoms with Gasteiger partial charge in [0.25, 0.3) is 17.7 Å². The summed E-state index contributed by atoms with van der Waals surface area (Å²) >= 11 is 7.12. The van der Waals surface area contributed by atoms with Gasteiger partial charge in [0.2, 0.25) is 0 Å². The molecule has 31 heavy (non-hydrogen) atoms. The van der Waals surface area contributed by atoms with Crippen LogP contribution in [0.2, 0.25) is 5.02 Å². The Morgan fingerprint density at radius 2 is 1.68 bits per heavy atom. The van der Waals surface area contributed by atoms with Crippen molar-refractivity contribution in [3.63, 3.8) is 0 Å². The third kappa shape index (κ3) is 6.56. The number of carbonyl (C=O) groups is 3. The average molecular weight is 458 g/mol. The quantitative estimate of drug-likeness (QED) is 0.472. The van der Waals surface area contributed by atoms with E-state index in [0.717, 1.165) is 5.56 Å². The summed E-state index contributed by atoms with van der Waals surface area (Å²) in [5, 5.41) is 4.98. The van der Waals surface area contributed by atoms with Crippen LogP contribution in [0, 0.1) is 0 Å². The SMILES string of the molecule is CC(NC(=O)c1cccs1)C(=O)NNC(=O)c1ccc(COc2ccc(Cl)cc2)cc1. The van der Waals surface area contributed by atoms with Crippen LogP contribution >= 0.6 is 22.9 Å². The number of ether oxygens (including phenoxy) is 1. The normalized spacial score (nSPS) is 11.3. The topological polar surface area (TPSA) is 96.5 Å². The number of hydrazine groups is 1. The van der Waals surface area contributed by atoms with E-state index in [-0.39, 0.29) is 5.91 Å². The molecule has 0 aliphatic rings. The average Bonchev–Trinajstić information content (AvgIpc) is 3.32. The molecule has 7 nitrogen and oxygen atoms in total. The van der Waals surface area contributed by atoms with Crippen LogP contribution in [-0.2, 0) is 11.4 Å². The summed E-state index contributed by atoms with van der Waals surface area (Å²) < 4.78 is 5.66. The first-order chi connectivity index (χ1) is 14.9.